The molecule has 0 aromatic heterocycles. The molecule has 0 aromatic rings. The van der Waals surface area contributed by atoms with Crippen molar-refractivity contribution in [1.82, 2.24) is 4.90 Å². The Bertz CT molecular complexity index is 328. The first-order valence-electron chi connectivity index (χ1n) is 7.81. The van der Waals surface area contributed by atoms with Crippen molar-refractivity contribution in [3.05, 3.63) is 0 Å². The van der Waals surface area contributed by atoms with E-state index in [0.29, 0.717) is 12.8 Å². The molecule has 4 heteroatoms. The number of nitrogens with zero attached hydrogens (tertiary/aromatic N) is 1. The van der Waals surface area contributed by atoms with E-state index in [0.717, 1.165) is 25.7 Å². The standard InChI is InChI=1S/C16H29NO3/c1-6-8-12-10-14(18)11-13(9-7-2)17(12)15(19)20-16(3,4)5/h12-13H,6-11H2,1-5H3. The van der Waals surface area contributed by atoms with Crippen LogP contribution in [0.3, 0.4) is 0 Å². The molecule has 1 aliphatic heterocycles. The summed E-state index contributed by atoms with van der Waals surface area (Å²) in [5, 5.41) is 0. The van der Waals surface area contributed by atoms with Gasteiger partial charge in [0.2, 0.25) is 0 Å². The highest BCUT2D eigenvalue weighted by Crippen LogP contribution is 2.28. The zero-order valence-corrected chi connectivity index (χ0v) is 13.6. The molecule has 2 atom stereocenters. The van der Waals surface area contributed by atoms with Gasteiger partial charge in [0.15, 0.2) is 0 Å². The first-order chi connectivity index (χ1) is 9.28. The Balaban J connectivity index is 2.91. The number of Topliss-reactive ketones (excluding diaryl/α,β-unsaturated/α-hetero) is 1. The molecule has 0 radical (unpaired) electrons. The lowest BCUT2D eigenvalue weighted by atomic mass is 9.90. The number of hydrogen-bond donors (Lipinski definition) is 0. The van der Waals surface area contributed by atoms with Gasteiger partial charge in [-0.25, -0.2) is 4.79 Å². The summed E-state index contributed by atoms with van der Waals surface area (Å²) >= 11 is 0. The van der Waals surface area contributed by atoms with Gasteiger partial charge in [0.25, 0.3) is 0 Å². The molecule has 0 bridgehead atoms. The van der Waals surface area contributed by atoms with Crippen molar-refractivity contribution in [2.75, 3.05) is 0 Å². The molecule has 4 nitrogen and oxygen atoms in total. The van der Waals surface area contributed by atoms with Crippen molar-refractivity contribution < 1.29 is 14.3 Å². The van der Waals surface area contributed by atoms with Crippen LogP contribution in [0.15, 0.2) is 0 Å². The molecule has 0 aliphatic carbocycles. The third-order valence-electron chi connectivity index (χ3n) is 3.56. The zero-order chi connectivity index (χ0) is 15.3. The lowest BCUT2D eigenvalue weighted by Crippen LogP contribution is -2.53. The van der Waals surface area contributed by atoms with Crippen LogP contribution in [0.5, 0.6) is 0 Å². The number of ether oxygens (including phenoxy) is 1. The van der Waals surface area contributed by atoms with Crippen molar-refractivity contribution in [1.29, 1.82) is 0 Å². The maximum atomic E-state index is 12.5. The number of hydrogen-bond acceptors (Lipinski definition) is 3. The first-order valence-corrected chi connectivity index (χ1v) is 7.81. The Hall–Kier alpha value is -1.06. The maximum absolute atomic E-state index is 12.5. The average Bonchev–Trinajstić information content (AvgIpc) is 2.26. The van der Waals surface area contributed by atoms with Gasteiger partial charge >= 0.3 is 6.09 Å². The predicted octanol–water partition coefficient (Wildman–Crippen LogP) is 3.92. The summed E-state index contributed by atoms with van der Waals surface area (Å²) in [6.07, 6.45) is 4.37. The number of likely N-dealkylation sites (tertiary alicyclic amines) is 1. The van der Waals surface area contributed by atoms with Crippen molar-refractivity contribution in [2.24, 2.45) is 0 Å². The van der Waals surface area contributed by atoms with Crippen LogP contribution in [0.1, 0.15) is 73.1 Å². The average molecular weight is 283 g/mol. The van der Waals surface area contributed by atoms with E-state index in [1.165, 1.54) is 0 Å². The molecule has 1 amide bonds. The van der Waals surface area contributed by atoms with Gasteiger partial charge in [-0.3, -0.25) is 4.79 Å². The van der Waals surface area contributed by atoms with Crippen LogP contribution in [0, 0.1) is 0 Å². The topological polar surface area (TPSA) is 46.6 Å². The highest BCUT2D eigenvalue weighted by molar-refractivity contribution is 5.83. The van der Waals surface area contributed by atoms with Gasteiger partial charge in [0.1, 0.15) is 11.4 Å². The summed E-state index contributed by atoms with van der Waals surface area (Å²) in [5.74, 6) is 0.279. The Morgan fingerprint density at radius 2 is 1.60 bits per heavy atom. The SMILES string of the molecule is CCCC1CC(=O)CC(CCC)N1C(=O)OC(C)(C)C. The molecule has 2 unspecified atom stereocenters. The minimum atomic E-state index is -0.494. The second kappa shape index (κ2) is 7.09. The largest absolute Gasteiger partial charge is 0.444 e. The van der Waals surface area contributed by atoms with Crippen molar-refractivity contribution in [2.45, 2.75) is 90.8 Å². The van der Waals surface area contributed by atoms with E-state index in [9.17, 15) is 9.59 Å². The molecule has 0 spiro atoms. The number of ketones is 1. The monoisotopic (exact) mass is 283 g/mol. The molecule has 1 saturated heterocycles. The van der Waals surface area contributed by atoms with E-state index in [4.69, 9.17) is 4.74 Å². The summed E-state index contributed by atoms with van der Waals surface area (Å²) in [7, 11) is 0. The lowest BCUT2D eigenvalue weighted by Gasteiger charge is -2.42. The minimum absolute atomic E-state index is 0.00708. The van der Waals surface area contributed by atoms with Crippen LogP contribution in [0.25, 0.3) is 0 Å². The van der Waals surface area contributed by atoms with Crippen LogP contribution >= 0.6 is 0 Å². The molecule has 0 saturated carbocycles. The fourth-order valence-corrected chi connectivity index (χ4v) is 2.87. The maximum Gasteiger partial charge on any atom is 0.410 e. The Labute approximate surface area is 122 Å². The Morgan fingerprint density at radius 1 is 1.15 bits per heavy atom. The Kier molecular flexibility index (Phi) is 6.03. The quantitative estimate of drug-likeness (QED) is 0.785. The Morgan fingerprint density at radius 3 is 1.95 bits per heavy atom. The summed E-state index contributed by atoms with van der Waals surface area (Å²) in [6.45, 7) is 9.80. The first kappa shape index (κ1) is 17.0. The van der Waals surface area contributed by atoms with Crippen LogP contribution in [0.4, 0.5) is 4.79 Å². The van der Waals surface area contributed by atoms with E-state index < -0.39 is 5.60 Å². The van der Waals surface area contributed by atoms with Crippen LogP contribution in [-0.2, 0) is 9.53 Å². The fraction of sp³-hybridized carbons (Fsp3) is 0.875. The molecule has 20 heavy (non-hydrogen) atoms. The number of rotatable bonds is 4. The van der Waals surface area contributed by atoms with Crippen molar-refractivity contribution in [3.8, 4) is 0 Å². The molecule has 1 aliphatic rings. The molecular formula is C16H29NO3. The molecular weight excluding hydrogens is 254 g/mol. The second-order valence-corrected chi connectivity index (χ2v) is 6.72. The molecule has 1 rings (SSSR count). The summed E-state index contributed by atoms with van der Waals surface area (Å²) in [4.78, 5) is 26.2. The highest BCUT2D eigenvalue weighted by atomic mass is 16.6. The van der Waals surface area contributed by atoms with Gasteiger partial charge in [-0.15, -0.1) is 0 Å². The van der Waals surface area contributed by atoms with E-state index in [1.54, 1.807) is 0 Å². The summed E-state index contributed by atoms with van der Waals surface area (Å²) < 4.78 is 5.54. The molecule has 116 valence electrons. The van der Waals surface area contributed by atoms with Gasteiger partial charge in [0.05, 0.1) is 0 Å². The van der Waals surface area contributed by atoms with Crippen LogP contribution in [0.2, 0.25) is 0 Å². The van der Waals surface area contributed by atoms with Crippen molar-refractivity contribution in [3.63, 3.8) is 0 Å². The number of carbonyl (C=O) groups is 2. The summed E-state index contributed by atoms with van der Waals surface area (Å²) in [6, 6.07) is 0.0142. The van der Waals surface area contributed by atoms with E-state index in [-0.39, 0.29) is 24.0 Å². The molecule has 0 aromatic carbocycles. The third-order valence-corrected chi connectivity index (χ3v) is 3.56. The van der Waals surface area contributed by atoms with E-state index in [1.807, 2.05) is 25.7 Å². The minimum Gasteiger partial charge on any atom is -0.444 e. The second-order valence-electron chi connectivity index (χ2n) is 6.72. The molecule has 1 fully saturated rings. The van der Waals surface area contributed by atoms with Crippen LogP contribution < -0.4 is 0 Å². The number of amides is 1. The van der Waals surface area contributed by atoms with Gasteiger partial charge in [-0.05, 0) is 33.6 Å². The zero-order valence-electron chi connectivity index (χ0n) is 13.6. The van der Waals surface area contributed by atoms with Gasteiger partial charge in [-0.1, -0.05) is 26.7 Å². The van der Waals surface area contributed by atoms with Gasteiger partial charge < -0.3 is 9.64 Å². The van der Waals surface area contributed by atoms with Crippen LogP contribution in [-0.4, -0.2) is 34.5 Å². The van der Waals surface area contributed by atoms with Crippen molar-refractivity contribution >= 4 is 11.9 Å². The lowest BCUT2D eigenvalue weighted by molar-refractivity contribution is -0.125. The van der Waals surface area contributed by atoms with Gasteiger partial charge in [-0.2, -0.15) is 0 Å². The summed E-state index contributed by atoms with van der Waals surface area (Å²) in [5.41, 5.74) is -0.494. The normalized spacial score (nSPS) is 23.9. The van der Waals surface area contributed by atoms with Gasteiger partial charge in [0, 0.05) is 24.9 Å². The smallest absolute Gasteiger partial charge is 0.410 e. The van der Waals surface area contributed by atoms with E-state index in [2.05, 4.69) is 13.8 Å². The highest BCUT2D eigenvalue weighted by Gasteiger charge is 2.38. The molecule has 1 heterocycles. The van der Waals surface area contributed by atoms with E-state index >= 15 is 0 Å². The number of piperidine rings is 1. The third kappa shape index (κ3) is 4.80. The number of carbonyl (C=O) groups excluding carboxylic acids is 2. The predicted molar refractivity (Wildman–Crippen MR) is 79.7 cm³/mol. The fourth-order valence-electron chi connectivity index (χ4n) is 2.87. The molecule has 0 N–H and O–H groups in total.